The Hall–Kier alpha value is -1.96. The van der Waals surface area contributed by atoms with E-state index in [1.54, 1.807) is 12.1 Å². The Kier molecular flexibility index (Phi) is 2.57. The predicted molar refractivity (Wildman–Crippen MR) is 67.4 cm³/mol. The molecule has 2 rings (SSSR count). The Balaban J connectivity index is 2.72. The monoisotopic (exact) mass is 213 g/mol. The van der Waals surface area contributed by atoms with E-state index in [9.17, 15) is 5.11 Å². The van der Waals surface area contributed by atoms with E-state index in [4.69, 9.17) is 5.73 Å². The maximum Gasteiger partial charge on any atom is 0.123 e. The lowest BCUT2D eigenvalue weighted by Gasteiger charge is -2.12. The number of hydrogen-bond acceptors (Lipinski definition) is 2. The second kappa shape index (κ2) is 3.89. The molecule has 2 aromatic rings. The van der Waals surface area contributed by atoms with E-state index >= 15 is 0 Å². The third-order valence-electron chi connectivity index (χ3n) is 2.77. The van der Waals surface area contributed by atoms with Gasteiger partial charge in [-0.2, -0.15) is 0 Å². The number of aryl methyl sites for hydroxylation is 2. The molecule has 0 aliphatic rings. The van der Waals surface area contributed by atoms with Gasteiger partial charge >= 0.3 is 0 Å². The summed E-state index contributed by atoms with van der Waals surface area (Å²) in [6, 6.07) is 11.2. The third-order valence-corrected chi connectivity index (χ3v) is 2.77. The molecule has 0 saturated heterocycles. The van der Waals surface area contributed by atoms with Crippen LogP contribution in [0, 0.1) is 13.8 Å². The molecular formula is C14H15NO. The van der Waals surface area contributed by atoms with Crippen molar-refractivity contribution in [2.24, 2.45) is 0 Å². The van der Waals surface area contributed by atoms with Crippen molar-refractivity contribution in [1.82, 2.24) is 0 Å². The second-order valence-electron chi connectivity index (χ2n) is 4.04. The van der Waals surface area contributed by atoms with Crippen molar-refractivity contribution in [2.45, 2.75) is 13.8 Å². The molecule has 0 unspecified atom stereocenters. The molecule has 0 radical (unpaired) electrons. The number of benzene rings is 2. The average molecular weight is 213 g/mol. The third kappa shape index (κ3) is 1.74. The van der Waals surface area contributed by atoms with Crippen LogP contribution >= 0.6 is 0 Å². The molecular weight excluding hydrogens is 198 g/mol. The van der Waals surface area contributed by atoms with Crippen molar-refractivity contribution in [3.8, 4) is 16.9 Å². The number of anilines is 1. The molecule has 82 valence electrons. The van der Waals surface area contributed by atoms with E-state index in [0.717, 1.165) is 22.3 Å². The molecule has 0 aliphatic carbocycles. The summed E-state index contributed by atoms with van der Waals surface area (Å²) in [6.07, 6.45) is 0. The molecule has 16 heavy (non-hydrogen) atoms. The van der Waals surface area contributed by atoms with E-state index in [-0.39, 0.29) is 5.75 Å². The quantitative estimate of drug-likeness (QED) is 0.564. The molecule has 0 amide bonds. The van der Waals surface area contributed by atoms with Gasteiger partial charge in [0.2, 0.25) is 0 Å². The zero-order valence-corrected chi connectivity index (χ0v) is 9.49. The molecule has 0 heterocycles. The maximum atomic E-state index is 9.88. The first kappa shape index (κ1) is 10.6. The smallest absolute Gasteiger partial charge is 0.123 e. The summed E-state index contributed by atoms with van der Waals surface area (Å²) in [5.74, 6) is 0.270. The standard InChI is InChI=1S/C14H15NO/c1-9-4-3-5-10(2)14(9)12-8-11(15)6-7-13(12)16/h3-8,16H,15H2,1-2H3. The van der Waals surface area contributed by atoms with Crippen molar-refractivity contribution in [3.05, 3.63) is 47.5 Å². The molecule has 0 bridgehead atoms. The molecule has 3 N–H and O–H groups in total. The average Bonchev–Trinajstić information content (AvgIpc) is 2.23. The molecule has 0 aliphatic heterocycles. The SMILES string of the molecule is Cc1cccc(C)c1-c1cc(N)ccc1O. The van der Waals surface area contributed by atoms with Crippen LogP contribution in [-0.2, 0) is 0 Å². The molecule has 2 heteroatoms. The van der Waals surface area contributed by atoms with Gasteiger partial charge in [0, 0.05) is 11.3 Å². The molecule has 2 nitrogen and oxygen atoms in total. The van der Waals surface area contributed by atoms with Gasteiger partial charge < -0.3 is 10.8 Å². The van der Waals surface area contributed by atoms with E-state index in [1.807, 2.05) is 38.1 Å². The van der Waals surface area contributed by atoms with Gasteiger partial charge in [-0.1, -0.05) is 18.2 Å². The number of phenolic OH excluding ortho intramolecular Hbond substituents is 1. The van der Waals surface area contributed by atoms with Gasteiger partial charge in [-0.3, -0.25) is 0 Å². The van der Waals surface area contributed by atoms with E-state index < -0.39 is 0 Å². The zero-order valence-electron chi connectivity index (χ0n) is 9.49. The highest BCUT2D eigenvalue weighted by molar-refractivity contribution is 5.78. The number of phenols is 1. The van der Waals surface area contributed by atoms with Gasteiger partial charge in [-0.05, 0) is 48.7 Å². The van der Waals surface area contributed by atoms with Crippen LogP contribution in [0.2, 0.25) is 0 Å². The fourth-order valence-corrected chi connectivity index (χ4v) is 1.99. The van der Waals surface area contributed by atoms with Gasteiger partial charge in [-0.15, -0.1) is 0 Å². The molecule has 2 aromatic carbocycles. The highest BCUT2D eigenvalue weighted by atomic mass is 16.3. The van der Waals surface area contributed by atoms with Gasteiger partial charge in [0.25, 0.3) is 0 Å². The van der Waals surface area contributed by atoms with Gasteiger partial charge in [-0.25, -0.2) is 0 Å². The topological polar surface area (TPSA) is 46.2 Å². The second-order valence-corrected chi connectivity index (χ2v) is 4.04. The van der Waals surface area contributed by atoms with Crippen LogP contribution in [0.4, 0.5) is 5.69 Å². The lowest BCUT2D eigenvalue weighted by molar-refractivity contribution is 0.477. The summed E-state index contributed by atoms with van der Waals surface area (Å²) in [5, 5.41) is 9.88. The van der Waals surface area contributed by atoms with Gasteiger partial charge in [0.1, 0.15) is 5.75 Å². The highest BCUT2D eigenvalue weighted by Gasteiger charge is 2.09. The Morgan fingerprint density at radius 2 is 1.62 bits per heavy atom. The molecule has 0 saturated carbocycles. The lowest BCUT2D eigenvalue weighted by atomic mass is 9.95. The minimum Gasteiger partial charge on any atom is -0.507 e. The van der Waals surface area contributed by atoms with E-state index in [1.165, 1.54) is 0 Å². The van der Waals surface area contributed by atoms with Crippen molar-refractivity contribution in [3.63, 3.8) is 0 Å². The number of nitrogen functional groups attached to an aromatic ring is 1. The summed E-state index contributed by atoms with van der Waals surface area (Å²) in [4.78, 5) is 0. The Morgan fingerprint density at radius 1 is 1.00 bits per heavy atom. The van der Waals surface area contributed by atoms with Crippen LogP contribution in [0.3, 0.4) is 0 Å². The molecule has 0 fully saturated rings. The van der Waals surface area contributed by atoms with Gasteiger partial charge in [0.15, 0.2) is 0 Å². The van der Waals surface area contributed by atoms with Crippen LogP contribution < -0.4 is 5.73 Å². The Morgan fingerprint density at radius 3 is 2.25 bits per heavy atom. The van der Waals surface area contributed by atoms with Crippen molar-refractivity contribution < 1.29 is 5.11 Å². The van der Waals surface area contributed by atoms with Gasteiger partial charge in [0.05, 0.1) is 0 Å². The maximum absolute atomic E-state index is 9.88. The Bertz CT molecular complexity index is 512. The van der Waals surface area contributed by atoms with Crippen LogP contribution in [0.1, 0.15) is 11.1 Å². The fourth-order valence-electron chi connectivity index (χ4n) is 1.99. The molecule has 0 spiro atoms. The number of aromatic hydroxyl groups is 1. The molecule has 0 atom stereocenters. The first-order valence-electron chi connectivity index (χ1n) is 5.24. The summed E-state index contributed by atoms with van der Waals surface area (Å²) in [6.45, 7) is 4.07. The predicted octanol–water partition coefficient (Wildman–Crippen LogP) is 3.26. The lowest BCUT2D eigenvalue weighted by Crippen LogP contribution is -1.91. The van der Waals surface area contributed by atoms with Crippen LogP contribution in [0.5, 0.6) is 5.75 Å². The molecule has 0 aromatic heterocycles. The van der Waals surface area contributed by atoms with Crippen LogP contribution in [-0.4, -0.2) is 5.11 Å². The van der Waals surface area contributed by atoms with Crippen LogP contribution in [0.25, 0.3) is 11.1 Å². The minimum absolute atomic E-state index is 0.270. The minimum atomic E-state index is 0.270. The summed E-state index contributed by atoms with van der Waals surface area (Å²) in [5.41, 5.74) is 10.6. The van der Waals surface area contributed by atoms with Crippen molar-refractivity contribution in [1.29, 1.82) is 0 Å². The summed E-state index contributed by atoms with van der Waals surface area (Å²) in [7, 11) is 0. The largest absolute Gasteiger partial charge is 0.507 e. The first-order valence-corrected chi connectivity index (χ1v) is 5.24. The zero-order chi connectivity index (χ0) is 11.7. The van der Waals surface area contributed by atoms with Crippen molar-refractivity contribution >= 4 is 5.69 Å². The Labute approximate surface area is 95.4 Å². The summed E-state index contributed by atoms with van der Waals surface area (Å²) >= 11 is 0. The van der Waals surface area contributed by atoms with Crippen LogP contribution in [0.15, 0.2) is 36.4 Å². The highest BCUT2D eigenvalue weighted by Crippen LogP contribution is 2.35. The fraction of sp³-hybridized carbons (Fsp3) is 0.143. The van der Waals surface area contributed by atoms with E-state index in [0.29, 0.717) is 5.69 Å². The van der Waals surface area contributed by atoms with Crippen molar-refractivity contribution in [2.75, 3.05) is 5.73 Å². The number of rotatable bonds is 1. The number of nitrogens with two attached hydrogens (primary N) is 1. The first-order chi connectivity index (χ1) is 7.59. The normalized spacial score (nSPS) is 10.4. The van der Waals surface area contributed by atoms with E-state index in [2.05, 4.69) is 0 Å². The number of hydrogen-bond donors (Lipinski definition) is 2. The summed E-state index contributed by atoms with van der Waals surface area (Å²) < 4.78 is 0.